The fourth-order valence-corrected chi connectivity index (χ4v) is 3.93. The van der Waals surface area contributed by atoms with Crippen molar-refractivity contribution in [2.24, 2.45) is 0 Å². The molecular formula is C19H13Cl3N2O3S. The zero-order valence-corrected chi connectivity index (χ0v) is 17.3. The van der Waals surface area contributed by atoms with E-state index in [1.54, 1.807) is 42.5 Å². The van der Waals surface area contributed by atoms with E-state index in [-0.39, 0.29) is 23.9 Å². The van der Waals surface area contributed by atoms with Crippen LogP contribution in [0.2, 0.25) is 15.1 Å². The molecule has 1 saturated heterocycles. The molecule has 2 aromatic carbocycles. The summed E-state index contributed by atoms with van der Waals surface area (Å²) in [5, 5.41) is 3.23. The smallest absolute Gasteiger partial charge is 0.293 e. The molecule has 9 heteroatoms. The maximum atomic E-state index is 12.5. The lowest BCUT2D eigenvalue weighted by Crippen LogP contribution is -2.37. The van der Waals surface area contributed by atoms with Gasteiger partial charge < -0.3 is 5.32 Å². The Labute approximate surface area is 180 Å². The van der Waals surface area contributed by atoms with Crippen molar-refractivity contribution in [3.05, 3.63) is 73.6 Å². The van der Waals surface area contributed by atoms with E-state index in [9.17, 15) is 14.4 Å². The van der Waals surface area contributed by atoms with Crippen LogP contribution in [0, 0.1) is 0 Å². The van der Waals surface area contributed by atoms with Crippen molar-refractivity contribution in [1.82, 2.24) is 10.2 Å². The number of carbonyl (C=O) groups excluding carboxylic acids is 3. The van der Waals surface area contributed by atoms with Gasteiger partial charge in [-0.3, -0.25) is 19.3 Å². The minimum Gasteiger partial charge on any atom is -0.350 e. The maximum Gasteiger partial charge on any atom is 0.293 e. The van der Waals surface area contributed by atoms with Gasteiger partial charge in [0.25, 0.3) is 17.1 Å². The summed E-state index contributed by atoms with van der Waals surface area (Å²) in [6.07, 6.45) is 1.53. The van der Waals surface area contributed by atoms with Gasteiger partial charge in [-0.15, -0.1) is 0 Å². The standard InChI is InChI=1S/C19H13Cl3N2O3S/c20-13-6-2-1-5-12(13)17(25)23-8-9-24-18(26)15(28-19(24)27)10-11-4-3-7-14(21)16(11)22/h1-7,10H,8-9H2,(H,23,25)/b15-10-. The number of imide groups is 1. The number of hydrogen-bond donors (Lipinski definition) is 1. The third kappa shape index (κ3) is 4.52. The van der Waals surface area contributed by atoms with Gasteiger partial charge >= 0.3 is 0 Å². The molecule has 5 nitrogen and oxygen atoms in total. The van der Waals surface area contributed by atoms with E-state index in [2.05, 4.69) is 5.32 Å². The second-order valence-corrected chi connectivity index (χ2v) is 7.90. The summed E-state index contributed by atoms with van der Waals surface area (Å²) < 4.78 is 0. The Morgan fingerprint density at radius 1 is 1.04 bits per heavy atom. The highest BCUT2D eigenvalue weighted by Crippen LogP contribution is 2.34. The molecule has 1 aliphatic rings. The van der Waals surface area contributed by atoms with Gasteiger partial charge in [-0.25, -0.2) is 0 Å². The number of nitrogens with one attached hydrogen (secondary N) is 1. The van der Waals surface area contributed by atoms with Crippen molar-refractivity contribution in [3.8, 4) is 0 Å². The summed E-state index contributed by atoms with van der Waals surface area (Å²) in [7, 11) is 0. The van der Waals surface area contributed by atoms with Crippen LogP contribution in [-0.4, -0.2) is 35.0 Å². The van der Waals surface area contributed by atoms with Crippen LogP contribution in [0.25, 0.3) is 6.08 Å². The van der Waals surface area contributed by atoms with Gasteiger partial charge in [0.1, 0.15) is 0 Å². The second kappa shape index (κ2) is 9.01. The summed E-state index contributed by atoms with van der Waals surface area (Å²) in [4.78, 5) is 38.2. The Bertz CT molecular complexity index is 994. The predicted molar refractivity (Wildman–Crippen MR) is 113 cm³/mol. The Hall–Kier alpha value is -1.99. The Morgan fingerprint density at radius 3 is 2.50 bits per heavy atom. The minimum absolute atomic E-state index is 0.0431. The number of rotatable bonds is 5. The average Bonchev–Trinajstić information content (AvgIpc) is 2.93. The fourth-order valence-electron chi connectivity index (χ4n) is 2.49. The second-order valence-electron chi connectivity index (χ2n) is 5.71. The average molecular weight is 456 g/mol. The van der Waals surface area contributed by atoms with Gasteiger partial charge in [-0.05, 0) is 41.6 Å². The van der Waals surface area contributed by atoms with Crippen molar-refractivity contribution >= 4 is 69.7 Å². The first kappa shape index (κ1) is 20.7. The molecule has 3 rings (SSSR count). The summed E-state index contributed by atoms with van der Waals surface area (Å²) in [6, 6.07) is 11.7. The van der Waals surface area contributed by atoms with Crippen LogP contribution in [0.4, 0.5) is 4.79 Å². The lowest BCUT2D eigenvalue weighted by Gasteiger charge is -2.13. The zero-order valence-electron chi connectivity index (χ0n) is 14.2. The van der Waals surface area contributed by atoms with E-state index in [1.807, 2.05) is 0 Å². The molecule has 0 bridgehead atoms. The van der Waals surface area contributed by atoms with Crippen molar-refractivity contribution in [2.45, 2.75) is 0 Å². The zero-order chi connectivity index (χ0) is 20.3. The number of carbonyl (C=O) groups is 3. The quantitative estimate of drug-likeness (QED) is 0.636. The van der Waals surface area contributed by atoms with Gasteiger partial charge in [-0.2, -0.15) is 0 Å². The first-order valence-electron chi connectivity index (χ1n) is 8.10. The number of nitrogens with zero attached hydrogens (tertiary/aromatic N) is 1. The highest BCUT2D eigenvalue weighted by atomic mass is 35.5. The molecule has 1 N–H and O–H groups in total. The summed E-state index contributed by atoms with van der Waals surface area (Å²) in [5.74, 6) is -0.822. The minimum atomic E-state index is -0.446. The highest BCUT2D eigenvalue weighted by molar-refractivity contribution is 8.18. The lowest BCUT2D eigenvalue weighted by atomic mass is 10.2. The third-order valence-corrected chi connectivity index (χ3v) is 5.95. The van der Waals surface area contributed by atoms with Crippen LogP contribution < -0.4 is 5.32 Å². The third-order valence-electron chi connectivity index (χ3n) is 3.88. The molecule has 2 aromatic rings. The summed E-state index contributed by atoms with van der Waals surface area (Å²) in [5.41, 5.74) is 0.875. The molecule has 0 saturated carbocycles. The molecule has 0 aromatic heterocycles. The Kier molecular flexibility index (Phi) is 6.67. The van der Waals surface area contributed by atoms with Gasteiger partial charge in [0.15, 0.2) is 0 Å². The normalized spacial score (nSPS) is 15.4. The van der Waals surface area contributed by atoms with E-state index in [0.717, 1.165) is 16.7 Å². The summed E-state index contributed by atoms with van der Waals surface area (Å²) in [6.45, 7) is 0.148. The van der Waals surface area contributed by atoms with E-state index >= 15 is 0 Å². The largest absolute Gasteiger partial charge is 0.350 e. The van der Waals surface area contributed by atoms with E-state index in [1.165, 1.54) is 6.08 Å². The van der Waals surface area contributed by atoms with Crippen molar-refractivity contribution < 1.29 is 14.4 Å². The van der Waals surface area contributed by atoms with Crippen LogP contribution in [-0.2, 0) is 4.79 Å². The molecule has 0 atom stereocenters. The first-order chi connectivity index (χ1) is 13.4. The van der Waals surface area contributed by atoms with Gasteiger partial charge in [0.2, 0.25) is 0 Å². The lowest BCUT2D eigenvalue weighted by molar-refractivity contribution is -0.122. The van der Waals surface area contributed by atoms with E-state index in [4.69, 9.17) is 34.8 Å². The molecule has 1 aliphatic heterocycles. The Balaban J connectivity index is 1.64. The van der Waals surface area contributed by atoms with Crippen LogP contribution in [0.3, 0.4) is 0 Å². The number of amides is 3. The molecule has 1 heterocycles. The molecule has 0 aliphatic carbocycles. The van der Waals surface area contributed by atoms with E-state index < -0.39 is 11.1 Å². The molecule has 28 heavy (non-hydrogen) atoms. The summed E-state index contributed by atoms with van der Waals surface area (Å²) >= 11 is 18.9. The number of halogens is 3. The molecule has 0 spiro atoms. The molecular weight excluding hydrogens is 443 g/mol. The van der Waals surface area contributed by atoms with Crippen LogP contribution in [0.1, 0.15) is 15.9 Å². The highest BCUT2D eigenvalue weighted by Gasteiger charge is 2.34. The predicted octanol–water partition coefficient (Wildman–Crippen LogP) is 5.11. The van der Waals surface area contributed by atoms with Crippen molar-refractivity contribution in [2.75, 3.05) is 13.1 Å². The fraction of sp³-hybridized carbons (Fsp3) is 0.105. The van der Waals surface area contributed by atoms with Crippen LogP contribution in [0.15, 0.2) is 47.4 Å². The monoisotopic (exact) mass is 454 g/mol. The molecule has 3 amide bonds. The Morgan fingerprint density at radius 2 is 1.75 bits per heavy atom. The number of benzene rings is 2. The number of hydrogen-bond acceptors (Lipinski definition) is 4. The molecule has 0 unspecified atom stereocenters. The maximum absolute atomic E-state index is 12.5. The van der Waals surface area contributed by atoms with Crippen molar-refractivity contribution in [3.63, 3.8) is 0 Å². The van der Waals surface area contributed by atoms with Gasteiger partial charge in [-0.1, -0.05) is 59.1 Å². The first-order valence-corrected chi connectivity index (χ1v) is 10.1. The number of thioether (sulfide) groups is 1. The molecule has 1 fully saturated rings. The van der Waals surface area contributed by atoms with E-state index in [0.29, 0.717) is 26.2 Å². The van der Waals surface area contributed by atoms with Crippen LogP contribution in [0.5, 0.6) is 0 Å². The van der Waals surface area contributed by atoms with Crippen molar-refractivity contribution in [1.29, 1.82) is 0 Å². The van der Waals surface area contributed by atoms with Gasteiger partial charge in [0, 0.05) is 13.1 Å². The topological polar surface area (TPSA) is 66.5 Å². The van der Waals surface area contributed by atoms with Crippen LogP contribution >= 0.6 is 46.6 Å². The SMILES string of the molecule is O=C(NCCN1C(=O)S/C(=C\c2cccc(Cl)c2Cl)C1=O)c1ccccc1Cl. The van der Waals surface area contributed by atoms with Gasteiger partial charge in [0.05, 0.1) is 25.5 Å². The molecule has 0 radical (unpaired) electrons. The molecule has 144 valence electrons.